The second-order valence-corrected chi connectivity index (χ2v) is 1.47. The minimum atomic E-state index is -1.54. The molecule has 0 aromatic rings. The predicted molar refractivity (Wildman–Crippen MR) is 33.3 cm³/mol. The van der Waals surface area contributed by atoms with Gasteiger partial charge in [0.1, 0.15) is 6.54 Å². The van der Waals surface area contributed by atoms with Gasteiger partial charge in [-0.1, -0.05) is 0 Å². The number of nitrogens with zero attached hydrogens (tertiary/aromatic N) is 1. The number of hydrogen-bond acceptors (Lipinski definition) is 3. The van der Waals surface area contributed by atoms with E-state index in [0.717, 1.165) is 0 Å². The van der Waals surface area contributed by atoms with Gasteiger partial charge in [0, 0.05) is 0 Å². The monoisotopic (exact) mass is 145 g/mol. The highest BCUT2D eigenvalue weighted by molar-refractivity contribution is 6.33. The molecule has 0 unspecified atom stereocenters. The average molecular weight is 145 g/mol. The van der Waals surface area contributed by atoms with E-state index in [0.29, 0.717) is 0 Å². The number of carbonyl (C=O) groups excluding carboxylic acids is 1. The summed E-state index contributed by atoms with van der Waals surface area (Å²) in [6.07, 6.45) is 0. The van der Waals surface area contributed by atoms with Gasteiger partial charge in [0.05, 0.1) is 0 Å². The topological polar surface area (TPSA) is 119 Å². The molecule has 0 saturated carbocycles. The fourth-order valence-corrected chi connectivity index (χ4v) is 0.231. The highest BCUT2D eigenvalue weighted by atomic mass is 16.4. The van der Waals surface area contributed by atoms with Crippen molar-refractivity contribution in [3.05, 3.63) is 0 Å². The lowest BCUT2D eigenvalue weighted by molar-refractivity contribution is -0.148. The van der Waals surface area contributed by atoms with Crippen LogP contribution in [-0.4, -0.2) is 29.4 Å². The highest BCUT2D eigenvalue weighted by Crippen LogP contribution is 1.73. The molecule has 0 atom stereocenters. The Labute approximate surface area is 56.5 Å². The van der Waals surface area contributed by atoms with Gasteiger partial charge >= 0.3 is 5.97 Å². The molecular weight excluding hydrogens is 138 g/mol. The van der Waals surface area contributed by atoms with Crippen LogP contribution in [0.2, 0.25) is 0 Å². The summed E-state index contributed by atoms with van der Waals surface area (Å²) in [5, 5.41) is 7.99. The number of nitrogens with two attached hydrogens (primary N) is 2. The number of carboxylic acid groups (broad SMARTS) is 1. The van der Waals surface area contributed by atoms with Crippen molar-refractivity contribution in [2.24, 2.45) is 16.5 Å². The molecule has 0 amide bonds. The Morgan fingerprint density at radius 2 is 1.90 bits per heavy atom. The summed E-state index contributed by atoms with van der Waals surface area (Å²) in [5.41, 5.74) is 9.65. The van der Waals surface area contributed by atoms with Gasteiger partial charge in [0.25, 0.3) is 5.78 Å². The number of guanidine groups is 1. The van der Waals surface area contributed by atoms with E-state index in [-0.39, 0.29) is 5.96 Å². The van der Waals surface area contributed by atoms with Crippen molar-refractivity contribution in [1.29, 1.82) is 0 Å². The number of rotatable bonds is 3. The van der Waals surface area contributed by atoms with Crippen molar-refractivity contribution >= 4 is 17.7 Å². The Balaban J connectivity index is 3.83. The van der Waals surface area contributed by atoms with E-state index < -0.39 is 18.3 Å². The third kappa shape index (κ3) is 3.42. The van der Waals surface area contributed by atoms with Crippen molar-refractivity contribution in [2.75, 3.05) is 6.54 Å². The minimum Gasteiger partial charge on any atom is -0.475 e. The average Bonchev–Trinajstić information content (AvgIpc) is 1.82. The van der Waals surface area contributed by atoms with Gasteiger partial charge in [-0.2, -0.15) is 0 Å². The number of aliphatic carboxylic acids is 1. The van der Waals surface area contributed by atoms with Gasteiger partial charge in [-0.25, -0.2) is 9.79 Å². The maximum absolute atomic E-state index is 10.2. The Kier molecular flexibility index (Phi) is 2.89. The largest absolute Gasteiger partial charge is 0.475 e. The molecule has 0 aliphatic carbocycles. The predicted octanol–water partition coefficient (Wildman–Crippen LogP) is -2.09. The molecular formula is C4H7N3O3. The summed E-state index contributed by atoms with van der Waals surface area (Å²) >= 11 is 0. The van der Waals surface area contributed by atoms with Crippen LogP contribution in [0.15, 0.2) is 4.99 Å². The lowest BCUT2D eigenvalue weighted by Gasteiger charge is -1.88. The van der Waals surface area contributed by atoms with E-state index in [1.54, 1.807) is 0 Å². The number of carboxylic acids is 1. The fourth-order valence-electron chi connectivity index (χ4n) is 0.231. The lowest BCUT2D eigenvalue weighted by atomic mass is 10.4. The quantitative estimate of drug-likeness (QED) is 0.239. The summed E-state index contributed by atoms with van der Waals surface area (Å²) in [7, 11) is 0. The standard InChI is InChI=1S/C4H7N3O3/c5-4(6)7-1-2(8)3(9)10/h1H2,(H,9,10)(H4,5,6,7). The van der Waals surface area contributed by atoms with Gasteiger partial charge in [-0.3, -0.25) is 4.79 Å². The van der Waals surface area contributed by atoms with Crippen LogP contribution in [0.5, 0.6) is 0 Å². The van der Waals surface area contributed by atoms with Crippen LogP contribution >= 0.6 is 0 Å². The van der Waals surface area contributed by atoms with Gasteiger partial charge in [-0.05, 0) is 0 Å². The normalized spacial score (nSPS) is 8.40. The molecule has 0 aliphatic rings. The van der Waals surface area contributed by atoms with E-state index in [9.17, 15) is 9.59 Å². The molecule has 56 valence electrons. The number of aliphatic imine (C=N–C) groups is 1. The molecule has 0 bridgehead atoms. The maximum Gasteiger partial charge on any atom is 0.374 e. The number of carbonyl (C=O) groups is 2. The first kappa shape index (κ1) is 8.41. The zero-order chi connectivity index (χ0) is 8.15. The van der Waals surface area contributed by atoms with E-state index in [1.165, 1.54) is 0 Å². The molecule has 0 saturated heterocycles. The number of hydrogen-bond donors (Lipinski definition) is 3. The first-order valence-electron chi connectivity index (χ1n) is 2.35. The number of ketones is 1. The Hall–Kier alpha value is -1.59. The lowest BCUT2D eigenvalue weighted by Crippen LogP contribution is -2.25. The van der Waals surface area contributed by atoms with Gasteiger partial charge in [-0.15, -0.1) is 0 Å². The molecule has 10 heavy (non-hydrogen) atoms. The first-order valence-corrected chi connectivity index (χ1v) is 2.35. The van der Waals surface area contributed by atoms with E-state index >= 15 is 0 Å². The van der Waals surface area contributed by atoms with Crippen molar-refractivity contribution in [3.63, 3.8) is 0 Å². The van der Waals surface area contributed by atoms with Gasteiger partial charge < -0.3 is 16.6 Å². The molecule has 0 spiro atoms. The molecule has 5 N–H and O–H groups in total. The zero-order valence-corrected chi connectivity index (χ0v) is 5.07. The number of Topliss-reactive ketones (excluding diaryl/α,β-unsaturated/α-hetero) is 1. The second kappa shape index (κ2) is 3.44. The molecule has 0 radical (unpaired) electrons. The smallest absolute Gasteiger partial charge is 0.374 e. The van der Waals surface area contributed by atoms with Crippen molar-refractivity contribution in [1.82, 2.24) is 0 Å². The third-order valence-electron chi connectivity index (χ3n) is 0.644. The van der Waals surface area contributed by atoms with Gasteiger partial charge in [0.2, 0.25) is 0 Å². The fraction of sp³-hybridized carbons (Fsp3) is 0.250. The van der Waals surface area contributed by atoms with Gasteiger partial charge in [0.15, 0.2) is 5.96 Å². The third-order valence-corrected chi connectivity index (χ3v) is 0.644. The van der Waals surface area contributed by atoms with Crippen LogP contribution in [0.3, 0.4) is 0 Å². The summed E-state index contributed by atoms with van der Waals surface area (Å²) < 4.78 is 0. The first-order chi connectivity index (χ1) is 4.54. The van der Waals surface area contributed by atoms with E-state index in [4.69, 9.17) is 16.6 Å². The second-order valence-electron chi connectivity index (χ2n) is 1.47. The Bertz CT molecular complexity index is 182. The van der Waals surface area contributed by atoms with Crippen LogP contribution in [0.25, 0.3) is 0 Å². The van der Waals surface area contributed by atoms with E-state index in [2.05, 4.69) is 4.99 Å². The SMILES string of the molecule is NC(N)=NCC(=O)C(=O)O. The molecule has 0 fully saturated rings. The van der Waals surface area contributed by atoms with Crippen LogP contribution in [0, 0.1) is 0 Å². The minimum absolute atomic E-state index is 0.297. The molecule has 6 nitrogen and oxygen atoms in total. The Morgan fingerprint density at radius 1 is 1.40 bits per heavy atom. The van der Waals surface area contributed by atoms with E-state index in [1.807, 2.05) is 0 Å². The Morgan fingerprint density at radius 3 is 2.20 bits per heavy atom. The maximum atomic E-state index is 10.2. The van der Waals surface area contributed by atoms with Crippen LogP contribution in [0.1, 0.15) is 0 Å². The van der Waals surface area contributed by atoms with Crippen LogP contribution in [0.4, 0.5) is 0 Å². The summed E-state index contributed by atoms with van der Waals surface area (Å²) in [5.74, 6) is -2.87. The molecule has 0 aromatic heterocycles. The molecule has 0 rings (SSSR count). The summed E-state index contributed by atoms with van der Waals surface area (Å²) in [6, 6.07) is 0. The molecule has 0 aliphatic heterocycles. The van der Waals surface area contributed by atoms with Crippen LogP contribution < -0.4 is 11.5 Å². The zero-order valence-electron chi connectivity index (χ0n) is 5.07. The highest BCUT2D eigenvalue weighted by Gasteiger charge is 2.08. The molecule has 0 aromatic carbocycles. The van der Waals surface area contributed by atoms with Crippen molar-refractivity contribution < 1.29 is 14.7 Å². The van der Waals surface area contributed by atoms with Crippen LogP contribution in [-0.2, 0) is 9.59 Å². The summed E-state index contributed by atoms with van der Waals surface area (Å²) in [4.78, 5) is 23.2. The summed E-state index contributed by atoms with van der Waals surface area (Å²) in [6.45, 7) is -0.502. The van der Waals surface area contributed by atoms with Crippen molar-refractivity contribution in [3.8, 4) is 0 Å². The van der Waals surface area contributed by atoms with Crippen molar-refractivity contribution in [2.45, 2.75) is 0 Å². The molecule has 6 heteroatoms. The molecule has 0 heterocycles.